The summed E-state index contributed by atoms with van der Waals surface area (Å²) in [5, 5.41) is 0. The highest BCUT2D eigenvalue weighted by molar-refractivity contribution is 5.91. The molecule has 4 aliphatic heterocycles. The van der Waals surface area contributed by atoms with Crippen molar-refractivity contribution in [2.24, 2.45) is 0 Å². The van der Waals surface area contributed by atoms with Gasteiger partial charge in [-0.1, -0.05) is 54.6 Å². The predicted octanol–water partition coefficient (Wildman–Crippen LogP) is 6.26. The van der Waals surface area contributed by atoms with E-state index in [1.807, 2.05) is 36.4 Å². The van der Waals surface area contributed by atoms with Crippen molar-refractivity contribution in [1.82, 2.24) is 0 Å². The fourth-order valence-corrected chi connectivity index (χ4v) is 10.5. The highest BCUT2D eigenvalue weighted by Crippen LogP contribution is 2.50. The van der Waals surface area contributed by atoms with Crippen molar-refractivity contribution in [3.05, 3.63) is 71.3 Å². The second-order valence-corrected chi connectivity index (χ2v) is 15.1. The summed E-state index contributed by atoms with van der Waals surface area (Å²) in [4.78, 5) is 28.6. The van der Waals surface area contributed by atoms with Crippen LogP contribution in [0.2, 0.25) is 0 Å². The maximum atomic E-state index is 14.6. The first-order valence-electron chi connectivity index (χ1n) is 17.5. The molecule has 0 aromatic heterocycles. The normalized spacial score (nSPS) is 40.7. The standard InChI is InChI=1S/C38H52N2O4/c1-5-39(3)27-16-17-28(39)23-31(22-27)43-36(41)34-20-21-38(26-12-8-7-9-13-26,35-15-11-10-14-33(34)35)37(42)44-32-24-29-18-19-30(25-32)40(29,4)6-2/h7-15,27-32,34H,5-6,16-25H2,1-4H3/q+2/t27-,28+,29-,30+,31?,32?,34-,38?,39?,40?/m0/s1. The van der Waals surface area contributed by atoms with Crippen molar-refractivity contribution < 1.29 is 28.0 Å². The van der Waals surface area contributed by atoms with E-state index in [0.717, 1.165) is 64.4 Å². The molecule has 4 heterocycles. The second-order valence-electron chi connectivity index (χ2n) is 15.1. The summed E-state index contributed by atoms with van der Waals surface area (Å²) in [6, 6.07) is 20.5. The van der Waals surface area contributed by atoms with Gasteiger partial charge in [-0.2, -0.15) is 0 Å². The molecule has 0 saturated carbocycles. The van der Waals surface area contributed by atoms with Crippen LogP contribution in [0.25, 0.3) is 0 Å². The third-order valence-electron chi connectivity index (χ3n) is 13.6. The molecule has 4 bridgehead atoms. The van der Waals surface area contributed by atoms with Gasteiger partial charge in [0.2, 0.25) is 0 Å². The Kier molecular flexibility index (Phi) is 7.68. The number of rotatable bonds is 7. The molecular weight excluding hydrogens is 548 g/mol. The average molecular weight is 601 g/mol. The minimum atomic E-state index is -0.932. The number of carbonyl (C=O) groups is 2. The molecule has 6 heteroatoms. The molecule has 236 valence electrons. The zero-order valence-electron chi connectivity index (χ0n) is 27.3. The van der Waals surface area contributed by atoms with Crippen molar-refractivity contribution in [1.29, 1.82) is 0 Å². The van der Waals surface area contributed by atoms with Gasteiger partial charge in [0.05, 0.1) is 57.3 Å². The Balaban J connectivity index is 1.15. The van der Waals surface area contributed by atoms with Gasteiger partial charge in [0.25, 0.3) is 0 Å². The molecule has 10 atom stereocenters. The van der Waals surface area contributed by atoms with Crippen molar-refractivity contribution in [2.75, 3.05) is 27.2 Å². The van der Waals surface area contributed by atoms with Gasteiger partial charge in [-0.15, -0.1) is 0 Å². The summed E-state index contributed by atoms with van der Waals surface area (Å²) in [5.41, 5.74) is 1.86. The van der Waals surface area contributed by atoms with Gasteiger partial charge in [0.1, 0.15) is 17.6 Å². The molecule has 0 amide bonds. The van der Waals surface area contributed by atoms with E-state index in [0.29, 0.717) is 37.0 Å². The van der Waals surface area contributed by atoms with Gasteiger partial charge in [-0.3, -0.25) is 9.59 Å². The van der Waals surface area contributed by atoms with E-state index in [1.165, 1.54) is 25.7 Å². The van der Waals surface area contributed by atoms with Gasteiger partial charge >= 0.3 is 11.9 Å². The van der Waals surface area contributed by atoms with E-state index >= 15 is 0 Å². The zero-order valence-corrected chi connectivity index (χ0v) is 27.3. The fraction of sp³-hybridized carbons (Fsp3) is 0.632. The maximum absolute atomic E-state index is 14.6. The first-order chi connectivity index (χ1) is 21.2. The molecule has 2 aromatic carbocycles. The lowest BCUT2D eigenvalue weighted by Gasteiger charge is -2.47. The first-order valence-corrected chi connectivity index (χ1v) is 17.5. The molecule has 4 saturated heterocycles. The molecule has 44 heavy (non-hydrogen) atoms. The summed E-state index contributed by atoms with van der Waals surface area (Å²) < 4.78 is 15.2. The molecule has 1 aliphatic carbocycles. The molecule has 5 aliphatic rings. The van der Waals surface area contributed by atoms with E-state index in [2.05, 4.69) is 46.1 Å². The number of piperidine rings is 2. The van der Waals surface area contributed by atoms with Crippen molar-refractivity contribution in [3.63, 3.8) is 0 Å². The third-order valence-corrected chi connectivity index (χ3v) is 13.6. The molecule has 6 nitrogen and oxygen atoms in total. The van der Waals surface area contributed by atoms with Crippen LogP contribution in [0.3, 0.4) is 0 Å². The van der Waals surface area contributed by atoms with Crippen LogP contribution in [0.5, 0.6) is 0 Å². The SMILES string of the molecule is CC[N+]1(C)[C@@H]2CC[C@H]1CC(OC(=O)[C@H]1CCC(C(=O)OC3C[C@H]4CC[C@@H](C3)[N+]4(C)CC)(c3ccccc3)c3ccccc31)C2. The van der Waals surface area contributed by atoms with Gasteiger partial charge in [0, 0.05) is 51.4 Å². The van der Waals surface area contributed by atoms with Crippen LogP contribution in [0.15, 0.2) is 54.6 Å². The smallest absolute Gasteiger partial charge is 0.321 e. The van der Waals surface area contributed by atoms with E-state index in [4.69, 9.17) is 9.47 Å². The zero-order chi connectivity index (χ0) is 30.7. The Labute approximate surface area is 263 Å². The predicted molar refractivity (Wildman–Crippen MR) is 171 cm³/mol. The van der Waals surface area contributed by atoms with E-state index < -0.39 is 5.41 Å². The number of quaternary nitrogens is 2. The Hall–Kier alpha value is -2.70. The Bertz CT molecular complexity index is 1360. The molecular formula is C38H52N2O4+2. The van der Waals surface area contributed by atoms with Gasteiger partial charge in [-0.25, -0.2) is 0 Å². The van der Waals surface area contributed by atoms with Crippen molar-refractivity contribution in [3.8, 4) is 0 Å². The maximum Gasteiger partial charge on any atom is 0.321 e. The number of carbonyl (C=O) groups excluding carboxylic acids is 2. The number of hydrogen-bond donors (Lipinski definition) is 0. The molecule has 4 fully saturated rings. The lowest BCUT2D eigenvalue weighted by Crippen LogP contribution is -2.59. The highest BCUT2D eigenvalue weighted by Gasteiger charge is 2.55. The number of ether oxygens (including phenoxy) is 2. The minimum Gasteiger partial charge on any atom is -0.461 e. The van der Waals surface area contributed by atoms with Gasteiger partial charge in [-0.05, 0) is 43.4 Å². The lowest BCUT2D eigenvalue weighted by atomic mass is 9.63. The molecule has 2 aromatic rings. The fourth-order valence-electron chi connectivity index (χ4n) is 10.5. The molecule has 5 unspecified atom stereocenters. The van der Waals surface area contributed by atoms with E-state index in [1.54, 1.807) is 0 Å². The van der Waals surface area contributed by atoms with Crippen LogP contribution in [-0.4, -0.2) is 84.5 Å². The summed E-state index contributed by atoms with van der Waals surface area (Å²) in [7, 11) is 4.78. The number of nitrogens with zero attached hydrogens (tertiary/aromatic N) is 2. The molecule has 0 spiro atoms. The van der Waals surface area contributed by atoms with Crippen LogP contribution >= 0.6 is 0 Å². The third kappa shape index (κ3) is 4.57. The van der Waals surface area contributed by atoms with Gasteiger partial charge in [0.15, 0.2) is 0 Å². The topological polar surface area (TPSA) is 52.6 Å². The number of benzene rings is 2. The number of hydrogen-bond acceptors (Lipinski definition) is 4. The Morgan fingerprint density at radius 2 is 1.20 bits per heavy atom. The monoisotopic (exact) mass is 600 g/mol. The molecule has 7 rings (SSSR count). The molecule has 0 N–H and O–H groups in total. The van der Waals surface area contributed by atoms with E-state index in [9.17, 15) is 9.59 Å². The molecule has 0 radical (unpaired) electrons. The van der Waals surface area contributed by atoms with Crippen molar-refractivity contribution in [2.45, 2.75) is 126 Å². The number of esters is 2. The lowest BCUT2D eigenvalue weighted by molar-refractivity contribution is -0.947. The van der Waals surface area contributed by atoms with Crippen LogP contribution < -0.4 is 0 Å². The summed E-state index contributed by atoms with van der Waals surface area (Å²) in [6.07, 6.45) is 9.75. The minimum absolute atomic E-state index is 0.00966. The Morgan fingerprint density at radius 1 is 0.705 bits per heavy atom. The first kappa shape index (κ1) is 30.0. The van der Waals surface area contributed by atoms with E-state index in [-0.39, 0.29) is 30.1 Å². The van der Waals surface area contributed by atoms with Crippen LogP contribution in [-0.2, 0) is 24.5 Å². The summed E-state index contributed by atoms with van der Waals surface area (Å²) in [5.74, 6) is -0.638. The largest absolute Gasteiger partial charge is 0.461 e. The van der Waals surface area contributed by atoms with Crippen molar-refractivity contribution >= 4 is 11.9 Å². The van der Waals surface area contributed by atoms with Crippen LogP contribution in [0.1, 0.15) is 101 Å². The number of fused-ring (bicyclic) bond motifs is 5. The highest BCUT2D eigenvalue weighted by atomic mass is 16.5. The van der Waals surface area contributed by atoms with Gasteiger partial charge < -0.3 is 18.4 Å². The summed E-state index contributed by atoms with van der Waals surface area (Å²) >= 11 is 0. The second kappa shape index (κ2) is 11.3. The summed E-state index contributed by atoms with van der Waals surface area (Å²) in [6.45, 7) is 6.86. The Morgan fingerprint density at radius 3 is 1.75 bits per heavy atom. The van der Waals surface area contributed by atoms with Crippen LogP contribution in [0.4, 0.5) is 0 Å². The average Bonchev–Trinajstić information content (AvgIpc) is 3.29. The quantitative estimate of drug-likeness (QED) is 0.278. The van der Waals surface area contributed by atoms with Crippen LogP contribution in [0, 0.1) is 0 Å².